The van der Waals surface area contributed by atoms with Crippen LogP contribution in [0.4, 0.5) is 17.3 Å². The smallest absolute Gasteiger partial charge is 0.221 e. The SMILES string of the molecule is [C-]#[N+]c1ccc(Nc2cnc3nnn(Cc4ccc5ncccc5c4)c3n2)nc1. The minimum atomic E-state index is 0.467. The van der Waals surface area contributed by atoms with Crippen molar-refractivity contribution >= 4 is 39.5 Å². The summed E-state index contributed by atoms with van der Waals surface area (Å²) in [6.07, 6.45) is 4.86. The number of pyridine rings is 2. The van der Waals surface area contributed by atoms with Gasteiger partial charge >= 0.3 is 0 Å². The molecule has 0 atom stereocenters. The minimum absolute atomic E-state index is 0.467. The number of rotatable bonds is 4. The Labute approximate surface area is 164 Å². The largest absolute Gasteiger partial charge is 0.324 e. The third-order valence-corrected chi connectivity index (χ3v) is 4.36. The van der Waals surface area contributed by atoms with Gasteiger partial charge in [-0.1, -0.05) is 23.4 Å². The Balaban J connectivity index is 1.44. The summed E-state index contributed by atoms with van der Waals surface area (Å²) in [6.45, 7) is 7.50. The fraction of sp³-hybridized carbons (Fsp3) is 0.0500. The number of nitrogens with one attached hydrogen (secondary N) is 1. The molecule has 5 rings (SSSR count). The Morgan fingerprint density at radius 3 is 2.83 bits per heavy atom. The quantitative estimate of drug-likeness (QED) is 0.477. The second kappa shape index (κ2) is 6.94. The lowest BCUT2D eigenvalue weighted by Crippen LogP contribution is -2.04. The molecule has 0 saturated carbocycles. The monoisotopic (exact) mass is 379 g/mol. The molecule has 0 bridgehead atoms. The van der Waals surface area contributed by atoms with E-state index in [2.05, 4.69) is 46.5 Å². The highest BCUT2D eigenvalue weighted by molar-refractivity contribution is 5.79. The van der Waals surface area contributed by atoms with Crippen molar-refractivity contribution in [2.24, 2.45) is 0 Å². The van der Waals surface area contributed by atoms with Gasteiger partial charge in [-0.05, 0) is 29.8 Å². The molecule has 4 heterocycles. The number of aromatic nitrogens is 7. The maximum Gasteiger partial charge on any atom is 0.221 e. The van der Waals surface area contributed by atoms with E-state index in [1.165, 1.54) is 6.20 Å². The zero-order valence-electron chi connectivity index (χ0n) is 15.1. The first-order valence-corrected chi connectivity index (χ1v) is 8.79. The van der Waals surface area contributed by atoms with E-state index in [-0.39, 0.29) is 0 Å². The number of fused-ring (bicyclic) bond motifs is 2. The van der Waals surface area contributed by atoms with E-state index < -0.39 is 0 Å². The Bertz CT molecular complexity index is 1370. The van der Waals surface area contributed by atoms with Crippen molar-refractivity contribution in [3.05, 3.63) is 78.0 Å². The van der Waals surface area contributed by atoms with Gasteiger partial charge in [0.15, 0.2) is 11.5 Å². The van der Waals surface area contributed by atoms with E-state index in [0.717, 1.165) is 16.5 Å². The van der Waals surface area contributed by atoms with Crippen LogP contribution < -0.4 is 5.32 Å². The molecule has 0 aliphatic heterocycles. The standard InChI is InChI=1S/C20H13N9/c1-21-15-5-7-17(23-10-15)25-18-11-24-19-20(26-18)29(28-27-19)12-13-4-6-16-14(9-13)3-2-8-22-16/h2-11H,12H2,(H,23,25,26). The van der Waals surface area contributed by atoms with Crippen LogP contribution in [0.25, 0.3) is 27.0 Å². The van der Waals surface area contributed by atoms with Crippen LogP contribution in [0.15, 0.2) is 61.1 Å². The zero-order valence-corrected chi connectivity index (χ0v) is 15.1. The van der Waals surface area contributed by atoms with Crippen LogP contribution in [0.3, 0.4) is 0 Å². The van der Waals surface area contributed by atoms with Crippen LogP contribution in [0.2, 0.25) is 0 Å². The number of benzene rings is 1. The molecular weight excluding hydrogens is 366 g/mol. The molecule has 1 N–H and O–H groups in total. The topological polar surface area (TPSA) is 98.7 Å². The van der Waals surface area contributed by atoms with Gasteiger partial charge in [0.2, 0.25) is 11.3 Å². The lowest BCUT2D eigenvalue weighted by Gasteiger charge is -2.06. The Kier molecular flexibility index (Phi) is 4.00. The fourth-order valence-corrected chi connectivity index (χ4v) is 2.98. The number of anilines is 2. The summed E-state index contributed by atoms with van der Waals surface area (Å²) < 4.78 is 1.71. The van der Waals surface area contributed by atoms with E-state index >= 15 is 0 Å². The van der Waals surface area contributed by atoms with Crippen LogP contribution in [0.5, 0.6) is 0 Å². The van der Waals surface area contributed by atoms with Crippen molar-refractivity contribution in [3.8, 4) is 0 Å². The van der Waals surface area contributed by atoms with E-state index in [0.29, 0.717) is 35.2 Å². The molecule has 29 heavy (non-hydrogen) atoms. The van der Waals surface area contributed by atoms with Gasteiger partial charge in [0.1, 0.15) is 5.82 Å². The van der Waals surface area contributed by atoms with Crippen LogP contribution in [-0.4, -0.2) is 34.9 Å². The van der Waals surface area contributed by atoms with Gasteiger partial charge < -0.3 is 5.32 Å². The van der Waals surface area contributed by atoms with Crippen molar-refractivity contribution < 1.29 is 0 Å². The highest BCUT2D eigenvalue weighted by Crippen LogP contribution is 2.19. The van der Waals surface area contributed by atoms with E-state index in [9.17, 15) is 0 Å². The molecule has 138 valence electrons. The van der Waals surface area contributed by atoms with Crippen LogP contribution in [0.1, 0.15) is 5.56 Å². The summed E-state index contributed by atoms with van der Waals surface area (Å²) in [5.41, 5.74) is 3.52. The molecule has 0 aliphatic carbocycles. The summed E-state index contributed by atoms with van der Waals surface area (Å²) in [4.78, 5) is 20.8. The Morgan fingerprint density at radius 1 is 1.00 bits per heavy atom. The summed E-state index contributed by atoms with van der Waals surface area (Å²) in [5, 5.41) is 12.4. The van der Waals surface area contributed by atoms with E-state index in [1.807, 2.05) is 24.3 Å². The predicted octanol–water partition coefficient (Wildman–Crippen LogP) is 3.51. The van der Waals surface area contributed by atoms with Gasteiger partial charge in [-0.3, -0.25) is 9.97 Å². The molecule has 5 aromatic rings. The van der Waals surface area contributed by atoms with Gasteiger partial charge in [-0.25, -0.2) is 19.5 Å². The minimum Gasteiger partial charge on any atom is -0.324 e. The summed E-state index contributed by atoms with van der Waals surface area (Å²) in [5.74, 6) is 1.10. The van der Waals surface area contributed by atoms with Crippen molar-refractivity contribution in [1.29, 1.82) is 0 Å². The van der Waals surface area contributed by atoms with Crippen molar-refractivity contribution in [1.82, 2.24) is 34.9 Å². The highest BCUT2D eigenvalue weighted by atomic mass is 15.5. The maximum atomic E-state index is 6.99. The predicted molar refractivity (Wildman–Crippen MR) is 108 cm³/mol. The average molecular weight is 379 g/mol. The molecular formula is C20H13N9. The third kappa shape index (κ3) is 3.30. The van der Waals surface area contributed by atoms with Gasteiger partial charge in [0.25, 0.3) is 0 Å². The van der Waals surface area contributed by atoms with Gasteiger partial charge in [0.05, 0.1) is 24.8 Å². The van der Waals surface area contributed by atoms with Crippen LogP contribution in [0, 0.1) is 6.57 Å². The summed E-state index contributed by atoms with van der Waals surface area (Å²) in [6, 6.07) is 13.4. The number of nitrogens with zero attached hydrogens (tertiary/aromatic N) is 8. The highest BCUT2D eigenvalue weighted by Gasteiger charge is 2.10. The fourth-order valence-electron chi connectivity index (χ4n) is 2.98. The van der Waals surface area contributed by atoms with Crippen molar-refractivity contribution in [2.45, 2.75) is 6.54 Å². The summed E-state index contributed by atoms with van der Waals surface area (Å²) in [7, 11) is 0. The molecule has 1 aromatic carbocycles. The lowest BCUT2D eigenvalue weighted by molar-refractivity contribution is 0.664. The molecule has 0 fully saturated rings. The normalized spacial score (nSPS) is 10.9. The molecule has 0 aliphatic rings. The van der Waals surface area contributed by atoms with Crippen LogP contribution in [-0.2, 0) is 6.54 Å². The Morgan fingerprint density at radius 2 is 1.97 bits per heavy atom. The lowest BCUT2D eigenvalue weighted by atomic mass is 10.1. The van der Waals surface area contributed by atoms with Crippen molar-refractivity contribution in [2.75, 3.05) is 5.32 Å². The van der Waals surface area contributed by atoms with Crippen LogP contribution >= 0.6 is 0 Å². The molecule has 4 aromatic heterocycles. The molecule has 0 unspecified atom stereocenters. The van der Waals surface area contributed by atoms with E-state index in [4.69, 9.17) is 6.57 Å². The van der Waals surface area contributed by atoms with Gasteiger partial charge in [-0.2, -0.15) is 0 Å². The second-order valence-electron chi connectivity index (χ2n) is 6.32. The average Bonchev–Trinajstić information content (AvgIpc) is 3.16. The molecule has 0 amide bonds. The summed E-state index contributed by atoms with van der Waals surface area (Å²) >= 11 is 0. The first-order valence-electron chi connectivity index (χ1n) is 8.79. The molecule has 0 saturated heterocycles. The maximum absolute atomic E-state index is 6.99. The third-order valence-electron chi connectivity index (χ3n) is 4.36. The molecule has 9 heteroatoms. The van der Waals surface area contributed by atoms with Gasteiger partial charge in [-0.15, -0.1) is 5.10 Å². The van der Waals surface area contributed by atoms with E-state index in [1.54, 1.807) is 29.2 Å². The number of hydrogen-bond acceptors (Lipinski definition) is 7. The Hall–Kier alpha value is -4.45. The number of hydrogen-bond donors (Lipinski definition) is 1. The van der Waals surface area contributed by atoms with Crippen molar-refractivity contribution in [3.63, 3.8) is 0 Å². The molecule has 9 nitrogen and oxygen atoms in total. The zero-order chi connectivity index (χ0) is 19.6. The molecule has 0 radical (unpaired) electrons. The second-order valence-corrected chi connectivity index (χ2v) is 6.32. The molecule has 0 spiro atoms. The first kappa shape index (κ1) is 16.7. The first-order chi connectivity index (χ1) is 14.3. The van der Waals surface area contributed by atoms with Gasteiger partial charge in [0, 0.05) is 17.8 Å².